The van der Waals surface area contributed by atoms with E-state index in [0.717, 1.165) is 22.7 Å². The summed E-state index contributed by atoms with van der Waals surface area (Å²) < 4.78 is 5.38. The van der Waals surface area contributed by atoms with Crippen LogP contribution in [0.3, 0.4) is 0 Å². The number of nitrogens with two attached hydrogens (primary N) is 1. The molecule has 2 rings (SSSR count). The molecule has 0 aliphatic heterocycles. The smallest absolute Gasteiger partial charge is 0.119 e. The summed E-state index contributed by atoms with van der Waals surface area (Å²) in [4.78, 5) is 7.28. The zero-order valence-electron chi connectivity index (χ0n) is 9.23. The highest BCUT2D eigenvalue weighted by Gasteiger charge is 2.06. The van der Waals surface area contributed by atoms with Crippen molar-refractivity contribution >= 4 is 0 Å². The number of hydrogen-bond acceptors (Lipinski definition) is 3. The van der Waals surface area contributed by atoms with Crippen LogP contribution in [-0.4, -0.2) is 16.6 Å². The Labute approximate surface area is 94.5 Å². The fourth-order valence-corrected chi connectivity index (χ4v) is 1.60. The van der Waals surface area contributed by atoms with Crippen LogP contribution < -0.4 is 10.5 Å². The molecule has 0 bridgehead atoms. The number of aromatic nitrogens is 2. The first kappa shape index (κ1) is 10.7. The lowest BCUT2D eigenvalue weighted by Crippen LogP contribution is -1.98. The molecule has 4 heteroatoms. The van der Waals surface area contributed by atoms with Gasteiger partial charge in [0.05, 0.1) is 24.3 Å². The summed E-state index contributed by atoms with van der Waals surface area (Å²) in [7, 11) is 0. The van der Waals surface area contributed by atoms with E-state index in [4.69, 9.17) is 10.5 Å². The maximum absolute atomic E-state index is 5.61. The van der Waals surface area contributed by atoms with Gasteiger partial charge in [-0.3, -0.25) is 0 Å². The summed E-state index contributed by atoms with van der Waals surface area (Å²) in [5.41, 5.74) is 8.52. The van der Waals surface area contributed by atoms with Gasteiger partial charge in [-0.25, -0.2) is 4.98 Å². The molecule has 1 heterocycles. The topological polar surface area (TPSA) is 63.9 Å². The maximum atomic E-state index is 5.61. The number of aromatic amines is 1. The van der Waals surface area contributed by atoms with Crippen molar-refractivity contribution in [3.63, 3.8) is 0 Å². The fraction of sp³-hybridized carbons (Fsp3) is 0.250. The largest absolute Gasteiger partial charge is 0.494 e. The molecule has 0 atom stereocenters. The fourth-order valence-electron chi connectivity index (χ4n) is 1.60. The van der Waals surface area contributed by atoms with Gasteiger partial charge in [0.25, 0.3) is 0 Å². The summed E-state index contributed by atoms with van der Waals surface area (Å²) in [6.07, 6.45) is 1.66. The molecule has 0 unspecified atom stereocenters. The number of rotatable bonds is 4. The number of H-pyrrole nitrogens is 1. The molecule has 16 heavy (non-hydrogen) atoms. The van der Waals surface area contributed by atoms with Crippen LogP contribution in [0.1, 0.15) is 12.6 Å². The third-order valence-corrected chi connectivity index (χ3v) is 2.36. The Kier molecular flexibility index (Phi) is 3.22. The predicted octanol–water partition coefficient (Wildman–Crippen LogP) is 1.93. The second-order valence-corrected chi connectivity index (χ2v) is 3.39. The van der Waals surface area contributed by atoms with Crippen LogP contribution in [-0.2, 0) is 6.54 Å². The van der Waals surface area contributed by atoms with Crippen molar-refractivity contribution in [1.82, 2.24) is 9.97 Å². The molecule has 0 spiro atoms. The number of imidazole rings is 1. The van der Waals surface area contributed by atoms with Gasteiger partial charge in [-0.2, -0.15) is 0 Å². The average molecular weight is 217 g/mol. The minimum Gasteiger partial charge on any atom is -0.494 e. The number of benzene rings is 1. The predicted molar refractivity (Wildman–Crippen MR) is 63.1 cm³/mol. The van der Waals surface area contributed by atoms with Crippen LogP contribution in [0.2, 0.25) is 0 Å². The summed E-state index contributed by atoms with van der Waals surface area (Å²) in [5.74, 6) is 0.871. The van der Waals surface area contributed by atoms with Gasteiger partial charge in [0.1, 0.15) is 5.75 Å². The Hall–Kier alpha value is -1.81. The van der Waals surface area contributed by atoms with Gasteiger partial charge in [-0.15, -0.1) is 0 Å². The number of hydrogen-bond donors (Lipinski definition) is 2. The molecular weight excluding hydrogens is 202 g/mol. The first-order chi connectivity index (χ1) is 7.85. The SMILES string of the molecule is CCOc1ccc(-c2nc[nH]c2CN)cc1. The van der Waals surface area contributed by atoms with Gasteiger partial charge in [-0.1, -0.05) is 0 Å². The van der Waals surface area contributed by atoms with Gasteiger partial charge < -0.3 is 15.5 Å². The lowest BCUT2D eigenvalue weighted by molar-refractivity contribution is 0.340. The Morgan fingerprint density at radius 1 is 1.31 bits per heavy atom. The van der Waals surface area contributed by atoms with Crippen LogP contribution in [0.25, 0.3) is 11.3 Å². The van der Waals surface area contributed by atoms with Crippen molar-refractivity contribution < 1.29 is 4.74 Å². The van der Waals surface area contributed by atoms with E-state index in [1.807, 2.05) is 31.2 Å². The highest BCUT2D eigenvalue weighted by atomic mass is 16.5. The zero-order valence-corrected chi connectivity index (χ0v) is 9.23. The van der Waals surface area contributed by atoms with Crippen molar-refractivity contribution in [2.24, 2.45) is 5.73 Å². The zero-order chi connectivity index (χ0) is 11.4. The Balaban J connectivity index is 2.27. The first-order valence-electron chi connectivity index (χ1n) is 5.30. The van der Waals surface area contributed by atoms with E-state index in [1.165, 1.54) is 0 Å². The van der Waals surface area contributed by atoms with E-state index in [0.29, 0.717) is 13.2 Å². The molecule has 84 valence electrons. The molecule has 0 saturated carbocycles. The third kappa shape index (κ3) is 2.06. The molecule has 0 amide bonds. The second kappa shape index (κ2) is 4.81. The standard InChI is InChI=1S/C12H15N3O/c1-2-16-10-5-3-9(4-6-10)12-11(7-13)14-8-15-12/h3-6,8H,2,7,13H2,1H3,(H,14,15). The van der Waals surface area contributed by atoms with Gasteiger partial charge >= 0.3 is 0 Å². The molecular formula is C12H15N3O. The van der Waals surface area contributed by atoms with Gasteiger partial charge in [0.15, 0.2) is 0 Å². The molecule has 4 nitrogen and oxygen atoms in total. The van der Waals surface area contributed by atoms with Crippen molar-refractivity contribution in [2.75, 3.05) is 6.61 Å². The summed E-state index contributed by atoms with van der Waals surface area (Å²) >= 11 is 0. The van der Waals surface area contributed by atoms with E-state index < -0.39 is 0 Å². The molecule has 0 radical (unpaired) electrons. The number of ether oxygens (including phenoxy) is 1. The monoisotopic (exact) mass is 217 g/mol. The summed E-state index contributed by atoms with van der Waals surface area (Å²) in [6.45, 7) is 3.10. The highest BCUT2D eigenvalue weighted by molar-refractivity contribution is 5.62. The van der Waals surface area contributed by atoms with Crippen LogP contribution in [0, 0.1) is 0 Å². The highest BCUT2D eigenvalue weighted by Crippen LogP contribution is 2.22. The minimum absolute atomic E-state index is 0.461. The number of nitrogens with one attached hydrogen (secondary N) is 1. The van der Waals surface area contributed by atoms with Gasteiger partial charge in [0, 0.05) is 12.1 Å². The van der Waals surface area contributed by atoms with Crippen LogP contribution in [0.4, 0.5) is 0 Å². The molecule has 0 saturated heterocycles. The van der Waals surface area contributed by atoms with E-state index in [2.05, 4.69) is 9.97 Å². The first-order valence-corrected chi connectivity index (χ1v) is 5.30. The van der Waals surface area contributed by atoms with E-state index in [1.54, 1.807) is 6.33 Å². The van der Waals surface area contributed by atoms with Crippen molar-refractivity contribution in [3.05, 3.63) is 36.3 Å². The molecule has 3 N–H and O–H groups in total. The second-order valence-electron chi connectivity index (χ2n) is 3.39. The van der Waals surface area contributed by atoms with Crippen molar-refractivity contribution in [1.29, 1.82) is 0 Å². The van der Waals surface area contributed by atoms with Crippen LogP contribution >= 0.6 is 0 Å². The average Bonchev–Trinajstić information content (AvgIpc) is 2.78. The lowest BCUT2D eigenvalue weighted by atomic mass is 10.1. The minimum atomic E-state index is 0.461. The lowest BCUT2D eigenvalue weighted by Gasteiger charge is -2.04. The van der Waals surface area contributed by atoms with E-state index >= 15 is 0 Å². The molecule has 0 fully saturated rings. The van der Waals surface area contributed by atoms with Gasteiger partial charge in [0.2, 0.25) is 0 Å². The normalized spacial score (nSPS) is 10.4. The maximum Gasteiger partial charge on any atom is 0.119 e. The molecule has 2 aromatic rings. The molecule has 1 aromatic carbocycles. The molecule has 0 aliphatic rings. The quantitative estimate of drug-likeness (QED) is 0.822. The Morgan fingerprint density at radius 3 is 2.69 bits per heavy atom. The van der Waals surface area contributed by atoms with Crippen molar-refractivity contribution in [3.8, 4) is 17.0 Å². The summed E-state index contributed by atoms with van der Waals surface area (Å²) in [6, 6.07) is 7.85. The third-order valence-electron chi connectivity index (χ3n) is 2.36. The molecule has 1 aromatic heterocycles. The summed E-state index contributed by atoms with van der Waals surface area (Å²) in [5, 5.41) is 0. The Morgan fingerprint density at radius 2 is 2.06 bits per heavy atom. The van der Waals surface area contributed by atoms with E-state index in [-0.39, 0.29) is 0 Å². The van der Waals surface area contributed by atoms with Crippen LogP contribution in [0.5, 0.6) is 5.75 Å². The molecule has 0 aliphatic carbocycles. The van der Waals surface area contributed by atoms with Crippen LogP contribution in [0.15, 0.2) is 30.6 Å². The van der Waals surface area contributed by atoms with Gasteiger partial charge in [-0.05, 0) is 31.2 Å². The Bertz CT molecular complexity index is 448. The number of nitrogens with zero attached hydrogens (tertiary/aromatic N) is 1. The van der Waals surface area contributed by atoms with E-state index in [9.17, 15) is 0 Å². The van der Waals surface area contributed by atoms with Crippen molar-refractivity contribution in [2.45, 2.75) is 13.5 Å².